The lowest BCUT2D eigenvalue weighted by Crippen LogP contribution is -2.08. The minimum atomic E-state index is -0.211. The highest BCUT2D eigenvalue weighted by Crippen LogP contribution is 2.08. The third-order valence-corrected chi connectivity index (χ3v) is 1.71. The summed E-state index contributed by atoms with van der Waals surface area (Å²) >= 11 is 1.97. The largest absolute Gasteiger partial charge is 0.426 e. The van der Waals surface area contributed by atoms with Crippen LogP contribution in [0.1, 0.15) is 0 Å². The normalized spacial score (nSPS) is 9.18. The second-order valence-corrected chi connectivity index (χ2v) is 2.68. The Morgan fingerprint density at radius 3 is 2.55 bits per heavy atom. The Hall–Kier alpha value is -0.580. The summed E-state index contributed by atoms with van der Waals surface area (Å²) in [6.45, 7) is 0. The number of ether oxygens (including phenoxy) is 1. The molecule has 0 aromatic heterocycles. The van der Waals surface area contributed by atoms with E-state index in [9.17, 15) is 4.79 Å². The maximum Gasteiger partial charge on any atom is 0.321 e. The fourth-order valence-electron chi connectivity index (χ4n) is 0.647. The highest BCUT2D eigenvalue weighted by Gasteiger charge is 1.99. The zero-order chi connectivity index (χ0) is 8.10. The Morgan fingerprint density at radius 1 is 1.36 bits per heavy atom. The van der Waals surface area contributed by atoms with Crippen LogP contribution in [-0.2, 0) is 4.79 Å². The molecule has 0 bridgehead atoms. The van der Waals surface area contributed by atoms with Gasteiger partial charge in [0.2, 0.25) is 0 Å². The number of carbonyl (C=O) groups is 1. The van der Waals surface area contributed by atoms with Crippen LogP contribution in [0, 0.1) is 0 Å². The summed E-state index contributed by atoms with van der Waals surface area (Å²) in [6.07, 6.45) is 0. The second-order valence-electron chi connectivity index (χ2n) is 1.92. The lowest BCUT2D eigenvalue weighted by molar-refractivity contribution is -0.131. The van der Waals surface area contributed by atoms with E-state index in [0.717, 1.165) is 0 Å². The van der Waals surface area contributed by atoms with Crippen molar-refractivity contribution < 1.29 is 9.53 Å². The molecule has 0 amide bonds. The maximum atomic E-state index is 10.8. The molecule has 0 aliphatic heterocycles. The van der Waals surface area contributed by atoms with Crippen molar-refractivity contribution in [3.8, 4) is 5.75 Å². The molecule has 0 saturated heterocycles. The van der Waals surface area contributed by atoms with Gasteiger partial charge in [-0.05, 0) is 12.1 Å². The van der Waals surface area contributed by atoms with Gasteiger partial charge in [0.25, 0.3) is 0 Å². The number of esters is 1. The molecule has 3 heteroatoms. The van der Waals surface area contributed by atoms with Gasteiger partial charge in [-0.2, -0.15) is 0 Å². The van der Waals surface area contributed by atoms with Crippen molar-refractivity contribution in [2.45, 2.75) is 0 Å². The van der Waals surface area contributed by atoms with Crippen LogP contribution in [0.25, 0.3) is 0 Å². The smallest absolute Gasteiger partial charge is 0.321 e. The number of benzene rings is 1. The summed E-state index contributed by atoms with van der Waals surface area (Å²) in [7, 11) is 0. The molecule has 0 unspecified atom stereocenters. The van der Waals surface area contributed by atoms with Crippen molar-refractivity contribution in [3.63, 3.8) is 0 Å². The van der Waals surface area contributed by atoms with E-state index in [1.807, 2.05) is 40.8 Å². The Balaban J connectivity index is 2.58. The lowest BCUT2D eigenvalue weighted by atomic mass is 10.3. The zero-order valence-corrected chi connectivity index (χ0v) is 7.95. The van der Waals surface area contributed by atoms with Crippen LogP contribution in [0.3, 0.4) is 0 Å². The van der Waals surface area contributed by atoms with Gasteiger partial charge in [0.15, 0.2) is 0 Å². The van der Waals surface area contributed by atoms with Crippen molar-refractivity contribution in [1.29, 1.82) is 0 Å². The molecule has 0 saturated carbocycles. The van der Waals surface area contributed by atoms with Gasteiger partial charge in [-0.3, -0.25) is 4.79 Å². The average Bonchev–Trinajstić information content (AvgIpc) is 2.06. The molecule has 1 aromatic rings. The first-order chi connectivity index (χ1) is 5.33. The average molecular weight is 262 g/mol. The number of para-hydroxylation sites is 1. The molecule has 0 fully saturated rings. The summed E-state index contributed by atoms with van der Waals surface area (Å²) in [5.41, 5.74) is 0. The van der Waals surface area contributed by atoms with Crippen molar-refractivity contribution in [3.05, 3.63) is 30.3 Å². The predicted octanol–water partition coefficient (Wildman–Crippen LogP) is 2.03. The van der Waals surface area contributed by atoms with E-state index in [-0.39, 0.29) is 5.97 Å². The molecule has 0 aliphatic rings. The Morgan fingerprint density at radius 2 is 2.00 bits per heavy atom. The first-order valence-corrected chi connectivity index (χ1v) is 4.67. The third-order valence-electron chi connectivity index (χ3n) is 1.08. The maximum absolute atomic E-state index is 10.8. The fourth-order valence-corrected chi connectivity index (χ4v) is 0.803. The van der Waals surface area contributed by atoms with E-state index in [4.69, 9.17) is 4.74 Å². The topological polar surface area (TPSA) is 26.3 Å². The lowest BCUT2D eigenvalue weighted by Gasteiger charge is -1.99. The van der Waals surface area contributed by atoms with Crippen molar-refractivity contribution in [2.75, 3.05) is 4.43 Å². The summed E-state index contributed by atoms with van der Waals surface area (Å²) < 4.78 is 5.30. The molecule has 1 rings (SSSR count). The third kappa shape index (κ3) is 2.88. The summed E-state index contributed by atoms with van der Waals surface area (Å²) in [5, 5.41) is 0. The molecule has 0 atom stereocenters. The van der Waals surface area contributed by atoms with Gasteiger partial charge >= 0.3 is 5.97 Å². The molecule has 1 aromatic carbocycles. The predicted molar refractivity (Wildman–Crippen MR) is 51.0 cm³/mol. The van der Waals surface area contributed by atoms with Crippen molar-refractivity contribution in [1.82, 2.24) is 0 Å². The molecule has 0 radical (unpaired) electrons. The highest BCUT2D eigenvalue weighted by atomic mass is 127. The number of rotatable bonds is 2. The van der Waals surface area contributed by atoms with Gasteiger partial charge in [0, 0.05) is 0 Å². The number of halogens is 1. The number of alkyl halides is 1. The van der Waals surface area contributed by atoms with Gasteiger partial charge in [-0.15, -0.1) is 0 Å². The number of hydrogen-bond donors (Lipinski definition) is 0. The van der Waals surface area contributed by atoms with Gasteiger partial charge in [0.05, 0.1) is 4.43 Å². The summed E-state index contributed by atoms with van der Waals surface area (Å²) in [6, 6.07) is 9.04. The van der Waals surface area contributed by atoms with E-state index in [0.29, 0.717) is 10.2 Å². The first kappa shape index (κ1) is 8.52. The monoisotopic (exact) mass is 262 g/mol. The fraction of sp³-hybridized carbons (Fsp3) is 0.125. The van der Waals surface area contributed by atoms with E-state index in [1.165, 1.54) is 0 Å². The van der Waals surface area contributed by atoms with Gasteiger partial charge < -0.3 is 4.74 Å². The molecule has 11 heavy (non-hydrogen) atoms. The number of carbonyl (C=O) groups excluding carboxylic acids is 1. The second kappa shape index (κ2) is 4.33. The van der Waals surface area contributed by atoms with E-state index < -0.39 is 0 Å². The highest BCUT2D eigenvalue weighted by molar-refractivity contribution is 14.1. The van der Waals surface area contributed by atoms with Crippen LogP contribution in [0.4, 0.5) is 0 Å². The first-order valence-electron chi connectivity index (χ1n) is 3.14. The van der Waals surface area contributed by atoms with E-state index in [1.54, 1.807) is 12.1 Å². The van der Waals surface area contributed by atoms with E-state index in [2.05, 4.69) is 0 Å². The number of hydrogen-bond acceptors (Lipinski definition) is 2. The van der Waals surface area contributed by atoms with Crippen LogP contribution < -0.4 is 4.74 Å². The molecule has 0 spiro atoms. The Bertz CT molecular complexity index is 233. The Labute approximate surface area is 78.7 Å². The van der Waals surface area contributed by atoms with Crippen LogP contribution in [0.2, 0.25) is 0 Å². The minimum absolute atomic E-state index is 0.211. The molecular formula is C8H7IO2. The molecule has 2 nitrogen and oxygen atoms in total. The van der Waals surface area contributed by atoms with Crippen LogP contribution in [0.15, 0.2) is 30.3 Å². The van der Waals surface area contributed by atoms with Crippen molar-refractivity contribution >= 4 is 28.6 Å². The van der Waals surface area contributed by atoms with Gasteiger partial charge in [0.1, 0.15) is 5.75 Å². The molecule has 0 heterocycles. The Kier molecular flexibility index (Phi) is 3.35. The zero-order valence-electron chi connectivity index (χ0n) is 5.79. The molecule has 0 aliphatic carbocycles. The SMILES string of the molecule is O=C(CI)Oc1ccccc1. The van der Waals surface area contributed by atoms with Gasteiger partial charge in [-0.1, -0.05) is 40.8 Å². The van der Waals surface area contributed by atoms with Gasteiger partial charge in [-0.25, -0.2) is 0 Å². The quantitative estimate of drug-likeness (QED) is 0.353. The van der Waals surface area contributed by atoms with Crippen LogP contribution in [-0.4, -0.2) is 10.4 Å². The molecule has 0 N–H and O–H groups in total. The standard InChI is InChI=1S/C8H7IO2/c9-6-8(10)11-7-4-2-1-3-5-7/h1-5H,6H2. The minimum Gasteiger partial charge on any atom is -0.426 e. The van der Waals surface area contributed by atoms with E-state index >= 15 is 0 Å². The summed E-state index contributed by atoms with van der Waals surface area (Å²) in [4.78, 5) is 10.8. The molecule has 58 valence electrons. The van der Waals surface area contributed by atoms with Crippen LogP contribution in [0.5, 0.6) is 5.75 Å². The van der Waals surface area contributed by atoms with Crippen molar-refractivity contribution in [2.24, 2.45) is 0 Å². The van der Waals surface area contributed by atoms with Crippen LogP contribution >= 0.6 is 22.6 Å². The summed E-state index contributed by atoms with van der Waals surface area (Å²) in [5.74, 6) is 0.394. The molecular weight excluding hydrogens is 255 g/mol.